The minimum Gasteiger partial charge on any atom is -0.295 e. The second kappa shape index (κ2) is 17.6. The van der Waals surface area contributed by atoms with Crippen molar-refractivity contribution >= 4 is 69.8 Å². The SMILES string of the molecule is Brc1ccccc1CN(CC[C@@H](/C=C/c1ccccc1)N(Cc1ccccc1Br)Cc1ccccc1Br)Cc1ccccc1Br. The van der Waals surface area contributed by atoms with Gasteiger partial charge in [-0.2, -0.15) is 0 Å². The summed E-state index contributed by atoms with van der Waals surface area (Å²) in [4.78, 5) is 5.17. The normalized spacial score (nSPS) is 12.3. The van der Waals surface area contributed by atoms with Crippen molar-refractivity contribution < 1.29 is 0 Å². The number of benzene rings is 5. The van der Waals surface area contributed by atoms with Crippen LogP contribution in [0.2, 0.25) is 0 Å². The van der Waals surface area contributed by atoms with Gasteiger partial charge in [0, 0.05) is 56.7 Å². The van der Waals surface area contributed by atoms with E-state index in [0.717, 1.165) is 57.0 Å². The maximum absolute atomic E-state index is 3.83. The molecule has 0 unspecified atom stereocenters. The Hall–Kier alpha value is -2.32. The van der Waals surface area contributed by atoms with Crippen LogP contribution >= 0.6 is 63.7 Å². The van der Waals surface area contributed by atoms with Crippen LogP contribution in [-0.4, -0.2) is 22.4 Å². The molecule has 6 heteroatoms. The lowest BCUT2D eigenvalue weighted by molar-refractivity contribution is 0.170. The molecule has 0 N–H and O–H groups in total. The quantitative estimate of drug-likeness (QED) is 0.110. The van der Waals surface area contributed by atoms with Gasteiger partial charge in [0.15, 0.2) is 0 Å². The Morgan fingerprint density at radius 1 is 0.467 bits per heavy atom. The molecular weight excluding hydrogens is 816 g/mol. The second-order valence-electron chi connectivity index (χ2n) is 11.1. The van der Waals surface area contributed by atoms with Crippen molar-refractivity contribution in [2.24, 2.45) is 0 Å². The van der Waals surface area contributed by atoms with E-state index < -0.39 is 0 Å². The summed E-state index contributed by atoms with van der Waals surface area (Å²) in [5.74, 6) is 0. The zero-order chi connectivity index (χ0) is 31.4. The van der Waals surface area contributed by atoms with Gasteiger partial charge in [-0.1, -0.05) is 179 Å². The molecule has 0 heterocycles. The molecule has 5 aromatic carbocycles. The molecule has 0 saturated carbocycles. The van der Waals surface area contributed by atoms with Gasteiger partial charge in [-0.15, -0.1) is 0 Å². The first-order valence-electron chi connectivity index (χ1n) is 15.1. The Kier molecular flexibility index (Phi) is 13.3. The van der Waals surface area contributed by atoms with Gasteiger partial charge in [0.05, 0.1) is 0 Å². The molecule has 5 rings (SSSR count). The molecule has 0 aromatic heterocycles. The highest BCUT2D eigenvalue weighted by molar-refractivity contribution is 9.11. The number of hydrogen-bond donors (Lipinski definition) is 0. The van der Waals surface area contributed by atoms with Crippen LogP contribution < -0.4 is 0 Å². The molecule has 0 spiro atoms. The van der Waals surface area contributed by atoms with Gasteiger partial charge < -0.3 is 0 Å². The zero-order valence-electron chi connectivity index (χ0n) is 25.0. The molecule has 0 fully saturated rings. The number of halogens is 4. The Morgan fingerprint density at radius 2 is 0.844 bits per heavy atom. The zero-order valence-corrected chi connectivity index (χ0v) is 31.3. The Bertz CT molecular complexity index is 1590. The summed E-state index contributed by atoms with van der Waals surface area (Å²) in [6.07, 6.45) is 5.65. The van der Waals surface area contributed by atoms with E-state index in [1.54, 1.807) is 0 Å². The standard InChI is InChI=1S/C39H36Br4N2/c40-36-18-8-4-14-31(36)26-44(27-32-15-5-9-19-37(32)41)25-24-35(23-22-30-12-2-1-3-13-30)45(28-33-16-6-10-20-38(33)42)29-34-17-7-11-21-39(34)43/h1-23,35H,24-29H2/b23-22+/t35-/m1/s1. The van der Waals surface area contributed by atoms with Crippen molar-refractivity contribution in [1.29, 1.82) is 0 Å². The van der Waals surface area contributed by atoms with Gasteiger partial charge in [-0.05, 0) is 58.5 Å². The molecule has 0 bridgehead atoms. The first kappa shape index (κ1) is 34.0. The highest BCUT2D eigenvalue weighted by Gasteiger charge is 2.21. The molecule has 0 radical (unpaired) electrons. The van der Waals surface area contributed by atoms with Crippen molar-refractivity contribution in [2.75, 3.05) is 6.54 Å². The average molecular weight is 852 g/mol. The van der Waals surface area contributed by atoms with Crippen molar-refractivity contribution in [3.63, 3.8) is 0 Å². The second-order valence-corrected chi connectivity index (χ2v) is 14.5. The van der Waals surface area contributed by atoms with Crippen LogP contribution in [0, 0.1) is 0 Å². The van der Waals surface area contributed by atoms with Crippen LogP contribution in [0.1, 0.15) is 34.2 Å². The first-order valence-corrected chi connectivity index (χ1v) is 18.3. The predicted molar refractivity (Wildman–Crippen MR) is 204 cm³/mol. The van der Waals surface area contributed by atoms with Crippen LogP contribution in [0.3, 0.4) is 0 Å². The molecule has 0 aliphatic carbocycles. The third kappa shape index (κ3) is 10.3. The topological polar surface area (TPSA) is 6.48 Å². The minimum atomic E-state index is 0.186. The van der Waals surface area contributed by atoms with Gasteiger partial charge in [0.1, 0.15) is 0 Å². The summed E-state index contributed by atoms with van der Waals surface area (Å²) >= 11 is 15.3. The van der Waals surface area contributed by atoms with E-state index in [1.165, 1.54) is 27.8 Å². The Labute approximate surface area is 301 Å². The van der Waals surface area contributed by atoms with Gasteiger partial charge in [-0.3, -0.25) is 9.80 Å². The number of hydrogen-bond acceptors (Lipinski definition) is 2. The maximum atomic E-state index is 3.83. The fraction of sp³-hybridized carbons (Fsp3) is 0.179. The Balaban J connectivity index is 1.48. The molecule has 1 atom stereocenters. The largest absolute Gasteiger partial charge is 0.295 e. The summed E-state index contributed by atoms with van der Waals surface area (Å²) in [6.45, 7) is 4.27. The van der Waals surface area contributed by atoms with Crippen LogP contribution in [0.15, 0.2) is 151 Å². The molecular formula is C39H36Br4N2. The molecule has 0 aliphatic rings. The number of rotatable bonds is 14. The molecule has 2 nitrogen and oxygen atoms in total. The summed E-state index contributed by atoms with van der Waals surface area (Å²) in [5.41, 5.74) is 6.35. The van der Waals surface area contributed by atoms with Crippen molar-refractivity contribution in [3.8, 4) is 0 Å². The number of nitrogens with zero attached hydrogens (tertiary/aromatic N) is 2. The van der Waals surface area contributed by atoms with Crippen LogP contribution in [0.25, 0.3) is 6.08 Å². The minimum absolute atomic E-state index is 0.186. The molecule has 0 amide bonds. The van der Waals surface area contributed by atoms with Gasteiger partial charge >= 0.3 is 0 Å². The van der Waals surface area contributed by atoms with E-state index in [0.29, 0.717) is 0 Å². The lowest BCUT2D eigenvalue weighted by Gasteiger charge is -2.33. The molecule has 0 saturated heterocycles. The maximum Gasteiger partial charge on any atom is 0.0300 e. The van der Waals surface area contributed by atoms with E-state index in [4.69, 9.17) is 0 Å². The smallest absolute Gasteiger partial charge is 0.0300 e. The van der Waals surface area contributed by atoms with Crippen LogP contribution in [0.4, 0.5) is 0 Å². The summed E-state index contributed by atoms with van der Waals surface area (Å²) in [6, 6.07) is 45.1. The lowest BCUT2D eigenvalue weighted by Crippen LogP contribution is -2.36. The van der Waals surface area contributed by atoms with Gasteiger partial charge in [0.2, 0.25) is 0 Å². The summed E-state index contributed by atoms with van der Waals surface area (Å²) in [5, 5.41) is 0. The van der Waals surface area contributed by atoms with E-state index in [-0.39, 0.29) is 6.04 Å². The van der Waals surface area contributed by atoms with Crippen molar-refractivity contribution in [1.82, 2.24) is 9.80 Å². The van der Waals surface area contributed by atoms with Gasteiger partial charge in [-0.25, -0.2) is 0 Å². The molecule has 230 valence electrons. The molecule has 0 aliphatic heterocycles. The van der Waals surface area contributed by atoms with E-state index in [2.05, 4.69) is 213 Å². The van der Waals surface area contributed by atoms with E-state index in [9.17, 15) is 0 Å². The lowest BCUT2D eigenvalue weighted by atomic mass is 10.0. The predicted octanol–water partition coefficient (Wildman–Crippen LogP) is 11.9. The molecule has 45 heavy (non-hydrogen) atoms. The van der Waals surface area contributed by atoms with Crippen molar-refractivity contribution in [3.05, 3.63) is 179 Å². The van der Waals surface area contributed by atoms with E-state index >= 15 is 0 Å². The van der Waals surface area contributed by atoms with E-state index in [1.807, 2.05) is 0 Å². The molecule has 5 aromatic rings. The van der Waals surface area contributed by atoms with Gasteiger partial charge in [0.25, 0.3) is 0 Å². The average Bonchev–Trinajstić information content (AvgIpc) is 3.05. The van der Waals surface area contributed by atoms with Crippen molar-refractivity contribution in [2.45, 2.75) is 38.6 Å². The fourth-order valence-electron chi connectivity index (χ4n) is 5.43. The first-order chi connectivity index (χ1) is 22.0. The summed E-state index contributed by atoms with van der Waals surface area (Å²) < 4.78 is 4.56. The Morgan fingerprint density at radius 3 is 1.27 bits per heavy atom. The monoisotopic (exact) mass is 848 g/mol. The third-order valence-electron chi connectivity index (χ3n) is 7.89. The van der Waals surface area contributed by atoms with Crippen LogP contribution in [-0.2, 0) is 26.2 Å². The van der Waals surface area contributed by atoms with Crippen LogP contribution in [0.5, 0.6) is 0 Å². The summed E-state index contributed by atoms with van der Waals surface area (Å²) in [7, 11) is 0. The third-order valence-corrected chi connectivity index (χ3v) is 11.0. The fourth-order valence-corrected chi connectivity index (χ4v) is 7.07. The highest BCUT2D eigenvalue weighted by atomic mass is 79.9. The highest BCUT2D eigenvalue weighted by Crippen LogP contribution is 2.27.